The minimum atomic E-state index is -5.26. The van der Waals surface area contributed by atoms with Gasteiger partial charge in [-0.2, -0.15) is 13.2 Å². The van der Waals surface area contributed by atoms with E-state index < -0.39 is 38.5 Å². The minimum Gasteiger partial charge on any atom is -0.465 e. The van der Waals surface area contributed by atoms with Gasteiger partial charge in [-0.3, -0.25) is 14.2 Å². The molecule has 0 saturated heterocycles. The Labute approximate surface area is 172 Å². The highest BCUT2D eigenvalue weighted by Crippen LogP contribution is 2.55. The number of alkyl halides is 3. The highest BCUT2D eigenvalue weighted by atomic mass is 32.2. The molecule has 0 rings (SSSR count). The van der Waals surface area contributed by atoms with E-state index in [9.17, 15) is 27.3 Å². The van der Waals surface area contributed by atoms with Gasteiger partial charge >= 0.3 is 25.6 Å². The lowest BCUT2D eigenvalue weighted by atomic mass is 10.3. The summed E-state index contributed by atoms with van der Waals surface area (Å²) in [4.78, 5) is 23.4. The van der Waals surface area contributed by atoms with Gasteiger partial charge in [0.2, 0.25) is 0 Å². The fourth-order valence-electron chi connectivity index (χ4n) is 1.49. The average Bonchev–Trinajstić information content (AvgIpc) is 2.52. The van der Waals surface area contributed by atoms with Crippen molar-refractivity contribution >= 4 is 43.6 Å². The first-order valence-corrected chi connectivity index (χ1v) is 12.1. The van der Waals surface area contributed by atoms with E-state index >= 15 is 0 Å². The maximum absolute atomic E-state index is 13.0. The van der Waals surface area contributed by atoms with Gasteiger partial charge in [0.15, 0.2) is 0 Å². The third kappa shape index (κ3) is 12.2. The molecule has 0 N–H and O–H groups in total. The van der Waals surface area contributed by atoms with Gasteiger partial charge in [0.1, 0.15) is 12.8 Å². The fourth-order valence-corrected chi connectivity index (χ4v) is 5.15. The van der Waals surface area contributed by atoms with Crippen LogP contribution < -0.4 is 0 Å². The van der Waals surface area contributed by atoms with E-state index in [1.54, 1.807) is 0 Å². The van der Waals surface area contributed by atoms with Crippen LogP contribution in [-0.4, -0.2) is 53.9 Å². The van der Waals surface area contributed by atoms with Crippen LogP contribution in [-0.2, 0) is 26.8 Å². The van der Waals surface area contributed by atoms with Gasteiger partial charge in [0.05, 0.1) is 6.61 Å². The lowest BCUT2D eigenvalue weighted by Crippen LogP contribution is -2.44. The Hall–Kier alpha value is -0.420. The second-order valence-corrected chi connectivity index (χ2v) is 10.4. The number of carbonyl (C=O) groups is 2. The minimum absolute atomic E-state index is 0.0774. The molecule has 13 heteroatoms. The van der Waals surface area contributed by atoms with Gasteiger partial charge in [-0.1, -0.05) is 27.7 Å². The van der Waals surface area contributed by atoms with Gasteiger partial charge in [0, 0.05) is 35.6 Å². The largest absolute Gasteiger partial charge is 0.471 e. The molecule has 0 radical (unpaired) electrons. The Kier molecular flexibility index (Phi) is 12.8. The van der Waals surface area contributed by atoms with E-state index in [1.807, 2.05) is 27.7 Å². The monoisotopic (exact) mass is 469 g/mol. The van der Waals surface area contributed by atoms with Crippen LogP contribution in [0.1, 0.15) is 34.6 Å². The average molecular weight is 469 g/mol. The zero-order valence-corrected chi connectivity index (χ0v) is 19.0. The molecule has 1 amide bonds. The maximum Gasteiger partial charge on any atom is 0.471 e. The Morgan fingerprint density at radius 2 is 1.50 bits per heavy atom. The van der Waals surface area contributed by atoms with Crippen LogP contribution in [0, 0.1) is 11.8 Å². The molecule has 166 valence electrons. The molecule has 0 aromatic heterocycles. The van der Waals surface area contributed by atoms with E-state index in [4.69, 9.17) is 7.94 Å². The van der Waals surface area contributed by atoms with Crippen molar-refractivity contribution in [2.45, 2.75) is 40.8 Å². The van der Waals surface area contributed by atoms with Gasteiger partial charge in [-0.05, 0) is 18.8 Å². The van der Waals surface area contributed by atoms with Gasteiger partial charge in [-0.25, -0.2) is 7.94 Å². The van der Waals surface area contributed by atoms with Crippen molar-refractivity contribution in [2.75, 3.05) is 30.9 Å². The van der Waals surface area contributed by atoms with Crippen LogP contribution in [0.25, 0.3) is 0 Å². The summed E-state index contributed by atoms with van der Waals surface area (Å²) in [6.07, 6.45) is -6.28. The van der Waals surface area contributed by atoms with E-state index in [-0.39, 0.29) is 23.3 Å². The number of amides is 1. The summed E-state index contributed by atoms with van der Waals surface area (Å²) in [7, 11) is -4.16. The number of halogens is 3. The first kappa shape index (κ1) is 27.6. The molecule has 0 spiro atoms. The Morgan fingerprint density at radius 3 is 1.86 bits per heavy atom. The maximum atomic E-state index is 13.0. The molecule has 0 atom stereocenters. The molecule has 0 aliphatic heterocycles. The summed E-state index contributed by atoms with van der Waals surface area (Å²) in [6, 6.07) is 0. The van der Waals surface area contributed by atoms with E-state index in [2.05, 4.69) is 4.74 Å². The topological polar surface area (TPSA) is 82.1 Å². The van der Waals surface area contributed by atoms with Crippen molar-refractivity contribution in [1.82, 2.24) is 4.90 Å². The van der Waals surface area contributed by atoms with Crippen LogP contribution >= 0.6 is 31.7 Å². The number of hydrogen-bond acceptors (Lipinski definition) is 8. The summed E-state index contributed by atoms with van der Waals surface area (Å²) in [5, 5.41) is 0. The van der Waals surface area contributed by atoms with Crippen LogP contribution in [0.2, 0.25) is 0 Å². The summed E-state index contributed by atoms with van der Waals surface area (Å²) in [6.45, 7) is 7.85. The third-order valence-corrected chi connectivity index (χ3v) is 7.59. The smallest absolute Gasteiger partial charge is 0.465 e. The predicted molar refractivity (Wildman–Crippen MR) is 104 cm³/mol. The first-order valence-electron chi connectivity index (χ1n) is 8.54. The molecular formula is C15H27F3NO6PS2. The molecule has 28 heavy (non-hydrogen) atoms. The van der Waals surface area contributed by atoms with Crippen molar-refractivity contribution in [1.29, 1.82) is 0 Å². The van der Waals surface area contributed by atoms with E-state index in [0.29, 0.717) is 11.5 Å². The summed E-state index contributed by atoms with van der Waals surface area (Å²) >= 11 is 1.56. The number of esters is 1. The summed E-state index contributed by atoms with van der Waals surface area (Å²) in [5.41, 5.74) is 0. The predicted octanol–water partition coefficient (Wildman–Crippen LogP) is 4.73. The first-order chi connectivity index (χ1) is 12.8. The van der Waals surface area contributed by atoms with Crippen molar-refractivity contribution in [3.8, 4) is 0 Å². The molecule has 0 bridgehead atoms. The lowest BCUT2D eigenvalue weighted by Gasteiger charge is -2.26. The van der Waals surface area contributed by atoms with Crippen molar-refractivity contribution in [3.05, 3.63) is 0 Å². The normalized spacial score (nSPS) is 12.5. The van der Waals surface area contributed by atoms with E-state index in [1.165, 1.54) is 6.92 Å². The Bertz CT molecular complexity index is 530. The fraction of sp³-hybridized carbons (Fsp3) is 0.867. The number of carbonyl (C=O) groups excluding carboxylic acids is 2. The van der Waals surface area contributed by atoms with Crippen molar-refractivity contribution < 1.29 is 40.0 Å². The molecule has 0 unspecified atom stereocenters. The second kappa shape index (κ2) is 13.0. The lowest BCUT2D eigenvalue weighted by molar-refractivity contribution is -0.186. The number of nitrogens with zero attached hydrogens (tertiary/aromatic N) is 1. The zero-order chi connectivity index (χ0) is 22.0. The second-order valence-electron chi connectivity index (χ2n) is 6.56. The number of hydrogen-bond donors (Lipinski definition) is 0. The van der Waals surface area contributed by atoms with Gasteiger partial charge < -0.3 is 9.64 Å². The Morgan fingerprint density at radius 1 is 1.04 bits per heavy atom. The quantitative estimate of drug-likeness (QED) is 0.218. The molecule has 0 saturated carbocycles. The summed E-state index contributed by atoms with van der Waals surface area (Å²) < 4.78 is 66.6. The summed E-state index contributed by atoms with van der Waals surface area (Å²) in [5.74, 6) is -2.24. The highest BCUT2D eigenvalue weighted by Gasteiger charge is 2.46. The van der Waals surface area contributed by atoms with E-state index in [0.717, 1.165) is 24.1 Å². The standard InChI is InChI=1S/C15H27F3NO6PS2/c1-6-23-13(20)7-19(14(21)15(16,17)18)10-26(22,24-27-8-11(2)3)25-28-9-12(4)5/h11-12H,6-10H2,1-5H3. The number of ether oxygens (including phenoxy) is 1. The molecule has 0 aliphatic rings. The van der Waals surface area contributed by atoms with Crippen LogP contribution in [0.4, 0.5) is 13.2 Å². The molecule has 7 nitrogen and oxygen atoms in total. The zero-order valence-electron chi connectivity index (χ0n) is 16.5. The SMILES string of the molecule is CCOC(=O)CN(CP(=O)(OSCC(C)C)OSCC(C)C)C(=O)C(F)(F)F. The van der Waals surface area contributed by atoms with Crippen LogP contribution in [0.15, 0.2) is 0 Å². The van der Waals surface area contributed by atoms with Crippen molar-refractivity contribution in [2.24, 2.45) is 11.8 Å². The molecule has 0 aromatic carbocycles. The van der Waals surface area contributed by atoms with Crippen LogP contribution in [0.5, 0.6) is 0 Å². The van der Waals surface area contributed by atoms with Crippen LogP contribution in [0.3, 0.4) is 0 Å². The molecule has 0 heterocycles. The molecule has 0 fully saturated rings. The van der Waals surface area contributed by atoms with Gasteiger partial charge in [0.25, 0.3) is 0 Å². The third-order valence-electron chi connectivity index (χ3n) is 2.63. The molecule has 0 aromatic rings. The van der Waals surface area contributed by atoms with Gasteiger partial charge in [-0.15, -0.1) is 0 Å². The highest BCUT2D eigenvalue weighted by molar-refractivity contribution is 8.01. The molecule has 0 aliphatic carbocycles. The van der Waals surface area contributed by atoms with Crippen molar-refractivity contribution in [3.63, 3.8) is 0 Å². The molecular weight excluding hydrogens is 442 g/mol. The number of rotatable bonds is 13. The Balaban J connectivity index is 5.41.